The van der Waals surface area contributed by atoms with Crippen LogP contribution in [0, 0.1) is 5.41 Å². The predicted octanol–water partition coefficient (Wildman–Crippen LogP) is 6.31. The average molecular weight is 532 g/mol. The first-order chi connectivity index (χ1) is 18.3. The summed E-state index contributed by atoms with van der Waals surface area (Å²) in [5, 5.41) is 6.11. The number of nitrogens with two attached hydrogens (primary N) is 1. The lowest BCUT2D eigenvalue weighted by Crippen LogP contribution is -2.52. The van der Waals surface area contributed by atoms with Crippen LogP contribution in [0.4, 0.5) is 0 Å². The fraction of sp³-hybridized carbons (Fsp3) is 0.750. The van der Waals surface area contributed by atoms with E-state index in [0.717, 1.165) is 31.4 Å². The van der Waals surface area contributed by atoms with Crippen molar-refractivity contribution in [3.8, 4) is 0 Å². The monoisotopic (exact) mass is 531 g/mol. The summed E-state index contributed by atoms with van der Waals surface area (Å²) in [5.41, 5.74) is 7.31. The van der Waals surface area contributed by atoms with Gasteiger partial charge < -0.3 is 21.1 Å². The summed E-state index contributed by atoms with van der Waals surface area (Å²) in [6.07, 6.45) is 16.1. The zero-order valence-corrected chi connectivity index (χ0v) is 24.9. The molecular weight excluding hydrogens is 474 g/mol. The van der Waals surface area contributed by atoms with Gasteiger partial charge in [-0.15, -0.1) is 0 Å². The molecule has 0 aliphatic rings. The molecule has 1 rings (SSSR count). The van der Waals surface area contributed by atoms with Crippen LogP contribution in [0.15, 0.2) is 30.3 Å². The second-order valence-electron chi connectivity index (χ2n) is 11.7. The molecule has 0 fully saturated rings. The molecule has 6 heteroatoms. The van der Waals surface area contributed by atoms with Crippen molar-refractivity contribution in [2.24, 2.45) is 11.1 Å². The van der Waals surface area contributed by atoms with Gasteiger partial charge in [-0.25, -0.2) is 0 Å². The smallest absolute Gasteiger partial charge is 0.306 e. The van der Waals surface area contributed by atoms with E-state index in [-0.39, 0.29) is 17.3 Å². The third-order valence-corrected chi connectivity index (χ3v) is 7.10. The predicted molar refractivity (Wildman–Crippen MR) is 159 cm³/mol. The Bertz CT molecular complexity index is 739. The van der Waals surface area contributed by atoms with Gasteiger partial charge in [0.15, 0.2) is 6.10 Å². The van der Waals surface area contributed by atoms with E-state index in [1.807, 2.05) is 37.4 Å². The number of hydrogen-bond acceptors (Lipinski definition) is 5. The van der Waals surface area contributed by atoms with Crippen molar-refractivity contribution in [2.45, 2.75) is 129 Å². The third kappa shape index (κ3) is 16.8. The van der Waals surface area contributed by atoms with Crippen molar-refractivity contribution in [1.82, 2.24) is 10.6 Å². The summed E-state index contributed by atoms with van der Waals surface area (Å²) in [5.74, 6) is -0.664. The van der Waals surface area contributed by atoms with Gasteiger partial charge in [-0.1, -0.05) is 128 Å². The molecule has 4 N–H and O–H groups in total. The number of carbonyl (C=O) groups is 2. The standard InChI is InChI=1S/C32H57N3O3/c1-5-6-7-8-9-10-11-12-13-14-15-16-20-23-29(36)38-30(28(33)24-27-21-18-17-19-22-27)31(37)35-26-32(2,3)25-34-4/h17-19,21-22,28,30,34H,5-16,20,23-26,33H2,1-4H3,(H,35,37). The Hall–Kier alpha value is -1.92. The molecule has 1 amide bonds. The molecule has 0 spiro atoms. The molecule has 1 aromatic carbocycles. The molecule has 0 bridgehead atoms. The number of rotatable bonds is 23. The number of hydrogen-bond donors (Lipinski definition) is 3. The first-order valence-electron chi connectivity index (χ1n) is 15.2. The van der Waals surface area contributed by atoms with E-state index in [4.69, 9.17) is 10.5 Å². The second-order valence-corrected chi connectivity index (χ2v) is 11.7. The van der Waals surface area contributed by atoms with Gasteiger partial charge in [0.25, 0.3) is 5.91 Å². The van der Waals surface area contributed by atoms with Crippen LogP contribution in [-0.2, 0) is 20.7 Å². The third-order valence-electron chi connectivity index (χ3n) is 7.10. The first kappa shape index (κ1) is 34.1. The van der Waals surface area contributed by atoms with E-state index in [1.165, 1.54) is 64.2 Å². The van der Waals surface area contributed by atoms with Gasteiger partial charge in [-0.2, -0.15) is 0 Å². The molecule has 0 aliphatic carbocycles. The quantitative estimate of drug-likeness (QED) is 0.114. The molecule has 0 radical (unpaired) electrons. The van der Waals surface area contributed by atoms with Crippen LogP contribution >= 0.6 is 0 Å². The first-order valence-corrected chi connectivity index (χ1v) is 15.2. The topological polar surface area (TPSA) is 93.5 Å². The molecule has 38 heavy (non-hydrogen) atoms. The van der Waals surface area contributed by atoms with Gasteiger partial charge in [0.1, 0.15) is 0 Å². The molecule has 218 valence electrons. The minimum atomic E-state index is -1.00. The molecule has 0 aromatic heterocycles. The summed E-state index contributed by atoms with van der Waals surface area (Å²) in [6, 6.07) is 9.16. The van der Waals surface area contributed by atoms with E-state index >= 15 is 0 Å². The van der Waals surface area contributed by atoms with Crippen molar-refractivity contribution in [1.29, 1.82) is 0 Å². The van der Waals surface area contributed by atoms with Crippen molar-refractivity contribution >= 4 is 11.9 Å². The largest absolute Gasteiger partial charge is 0.451 e. The Morgan fingerprint density at radius 1 is 0.842 bits per heavy atom. The number of amides is 1. The highest BCUT2D eigenvalue weighted by Crippen LogP contribution is 2.15. The van der Waals surface area contributed by atoms with E-state index in [1.54, 1.807) is 0 Å². The van der Waals surface area contributed by atoms with Crippen LogP contribution in [0.5, 0.6) is 0 Å². The van der Waals surface area contributed by atoms with E-state index < -0.39 is 12.1 Å². The van der Waals surface area contributed by atoms with E-state index in [2.05, 4.69) is 31.4 Å². The van der Waals surface area contributed by atoms with E-state index in [0.29, 0.717) is 19.4 Å². The SMILES string of the molecule is CCCCCCCCCCCCCCCC(=O)OC(C(=O)NCC(C)(C)CNC)C(N)Cc1ccccc1. The summed E-state index contributed by atoms with van der Waals surface area (Å²) in [7, 11) is 1.89. The lowest BCUT2D eigenvalue weighted by molar-refractivity contribution is -0.157. The van der Waals surface area contributed by atoms with Gasteiger partial charge in [-0.05, 0) is 30.9 Å². The maximum Gasteiger partial charge on any atom is 0.306 e. The number of carbonyl (C=O) groups excluding carboxylic acids is 2. The number of esters is 1. The Morgan fingerprint density at radius 2 is 1.37 bits per heavy atom. The van der Waals surface area contributed by atoms with Gasteiger partial charge >= 0.3 is 5.97 Å². The molecule has 2 unspecified atom stereocenters. The molecule has 0 heterocycles. The van der Waals surface area contributed by atoms with Crippen LogP contribution in [0.2, 0.25) is 0 Å². The lowest BCUT2D eigenvalue weighted by Gasteiger charge is -2.28. The second kappa shape index (κ2) is 21.0. The van der Waals surface area contributed by atoms with Gasteiger partial charge in [0, 0.05) is 19.5 Å². The number of ether oxygens (including phenoxy) is 1. The van der Waals surface area contributed by atoms with Gasteiger partial charge in [0.05, 0.1) is 6.04 Å². The van der Waals surface area contributed by atoms with E-state index in [9.17, 15) is 9.59 Å². The van der Waals surface area contributed by atoms with Crippen LogP contribution in [0.3, 0.4) is 0 Å². The summed E-state index contributed by atoms with van der Waals surface area (Å²) in [6.45, 7) is 7.63. The van der Waals surface area contributed by atoms with Crippen LogP contribution in [0.25, 0.3) is 0 Å². The Balaban J connectivity index is 2.39. The van der Waals surface area contributed by atoms with Crippen molar-refractivity contribution in [2.75, 3.05) is 20.1 Å². The molecule has 1 aromatic rings. The van der Waals surface area contributed by atoms with Crippen molar-refractivity contribution < 1.29 is 14.3 Å². The summed E-state index contributed by atoms with van der Waals surface area (Å²) < 4.78 is 5.69. The van der Waals surface area contributed by atoms with Gasteiger partial charge in [-0.3, -0.25) is 9.59 Å². The summed E-state index contributed by atoms with van der Waals surface area (Å²) in [4.78, 5) is 25.7. The number of nitrogens with one attached hydrogen (secondary N) is 2. The van der Waals surface area contributed by atoms with Crippen LogP contribution < -0.4 is 16.4 Å². The van der Waals surface area contributed by atoms with Crippen molar-refractivity contribution in [3.05, 3.63) is 35.9 Å². The normalized spacial score (nSPS) is 13.2. The number of benzene rings is 1. The highest BCUT2D eigenvalue weighted by molar-refractivity contribution is 5.84. The Labute approximate surface area is 233 Å². The lowest BCUT2D eigenvalue weighted by atomic mass is 9.93. The minimum Gasteiger partial charge on any atom is -0.451 e. The molecule has 2 atom stereocenters. The zero-order chi connectivity index (χ0) is 28.1. The van der Waals surface area contributed by atoms with Crippen LogP contribution in [0.1, 0.15) is 116 Å². The highest BCUT2D eigenvalue weighted by atomic mass is 16.5. The summed E-state index contributed by atoms with van der Waals surface area (Å²) >= 11 is 0. The fourth-order valence-corrected chi connectivity index (χ4v) is 4.78. The highest BCUT2D eigenvalue weighted by Gasteiger charge is 2.31. The fourth-order valence-electron chi connectivity index (χ4n) is 4.78. The maximum absolute atomic E-state index is 13.1. The average Bonchev–Trinajstić information content (AvgIpc) is 2.89. The maximum atomic E-state index is 13.1. The molecule has 0 saturated carbocycles. The number of unbranched alkanes of at least 4 members (excludes halogenated alkanes) is 12. The van der Waals surface area contributed by atoms with Crippen molar-refractivity contribution in [3.63, 3.8) is 0 Å². The molecule has 0 aliphatic heterocycles. The van der Waals surface area contributed by atoms with Gasteiger partial charge in [0.2, 0.25) is 0 Å². The molecular formula is C32H57N3O3. The molecule has 6 nitrogen and oxygen atoms in total. The van der Waals surface area contributed by atoms with Crippen LogP contribution in [-0.4, -0.2) is 44.2 Å². The molecule has 0 saturated heterocycles. The zero-order valence-electron chi connectivity index (χ0n) is 24.9. The Morgan fingerprint density at radius 3 is 1.89 bits per heavy atom. The Kier molecular flexibility index (Phi) is 18.8. The minimum absolute atomic E-state index is 0.128.